The first kappa shape index (κ1) is 13.6. The molecule has 1 amide bonds. The minimum Gasteiger partial charge on any atom is -0.478 e. The van der Waals surface area contributed by atoms with E-state index in [2.05, 4.69) is 0 Å². The van der Waals surface area contributed by atoms with Gasteiger partial charge < -0.3 is 10.0 Å². The van der Waals surface area contributed by atoms with Crippen molar-refractivity contribution in [1.82, 2.24) is 4.90 Å². The summed E-state index contributed by atoms with van der Waals surface area (Å²) in [6.07, 6.45) is 4.34. The maximum absolute atomic E-state index is 12.6. The number of carboxylic acid groups (broad SMARTS) is 1. The Balaban J connectivity index is 2.29. The second kappa shape index (κ2) is 5.87. The number of nitrogens with zero attached hydrogens (tertiary/aromatic N) is 1. The maximum atomic E-state index is 12.6. The topological polar surface area (TPSA) is 57.6 Å². The van der Waals surface area contributed by atoms with Crippen LogP contribution in [-0.2, 0) is 0 Å². The molecule has 0 atom stereocenters. The fourth-order valence-corrected chi connectivity index (χ4v) is 2.79. The maximum Gasteiger partial charge on any atom is 0.336 e. The highest BCUT2D eigenvalue weighted by Gasteiger charge is 2.28. The molecule has 1 N–H and O–H groups in total. The van der Waals surface area contributed by atoms with Crippen LogP contribution in [0.2, 0.25) is 0 Å². The highest BCUT2D eigenvalue weighted by atomic mass is 16.4. The van der Waals surface area contributed by atoms with Gasteiger partial charge in [-0.25, -0.2) is 4.79 Å². The minimum absolute atomic E-state index is 0.0870. The molecular formula is C15H19NO3. The normalized spacial score (nSPS) is 15.4. The number of carbonyl (C=O) groups is 2. The lowest BCUT2D eigenvalue weighted by atomic mass is 10.0. The fraction of sp³-hybridized carbons (Fsp3) is 0.467. The Hall–Kier alpha value is -1.84. The lowest BCUT2D eigenvalue weighted by molar-refractivity contribution is 0.0652. The molecule has 4 nitrogen and oxygen atoms in total. The smallest absolute Gasteiger partial charge is 0.336 e. The van der Waals surface area contributed by atoms with Crippen LogP contribution >= 0.6 is 0 Å². The standard InChI is InChI=1S/C15H19NO3/c1-2-16(11-7-3-4-8-11)14(17)12-9-5-6-10-13(12)15(18)19/h5-6,9-11H,2-4,7-8H2,1H3,(H,18,19). The minimum atomic E-state index is -1.05. The summed E-state index contributed by atoms with van der Waals surface area (Å²) in [6.45, 7) is 2.57. The molecular weight excluding hydrogens is 242 g/mol. The molecule has 1 saturated carbocycles. The molecule has 1 aromatic carbocycles. The molecule has 0 aromatic heterocycles. The molecule has 1 aliphatic rings. The largest absolute Gasteiger partial charge is 0.478 e. The van der Waals surface area contributed by atoms with Crippen LogP contribution in [0.4, 0.5) is 0 Å². The van der Waals surface area contributed by atoms with Gasteiger partial charge in [0.05, 0.1) is 11.1 Å². The zero-order chi connectivity index (χ0) is 13.8. The van der Waals surface area contributed by atoms with Crippen LogP contribution in [0.5, 0.6) is 0 Å². The van der Waals surface area contributed by atoms with Crippen molar-refractivity contribution in [2.45, 2.75) is 38.6 Å². The summed E-state index contributed by atoms with van der Waals surface area (Å²) in [6, 6.07) is 6.70. The van der Waals surface area contributed by atoms with Gasteiger partial charge in [0.1, 0.15) is 0 Å². The van der Waals surface area contributed by atoms with Gasteiger partial charge in [0.15, 0.2) is 0 Å². The lowest BCUT2D eigenvalue weighted by Crippen LogP contribution is -2.39. The molecule has 0 saturated heterocycles. The van der Waals surface area contributed by atoms with Gasteiger partial charge in [-0.2, -0.15) is 0 Å². The van der Waals surface area contributed by atoms with Gasteiger partial charge in [0.2, 0.25) is 0 Å². The zero-order valence-corrected chi connectivity index (χ0v) is 11.1. The van der Waals surface area contributed by atoms with Crippen LogP contribution in [0.1, 0.15) is 53.3 Å². The monoisotopic (exact) mass is 261 g/mol. The lowest BCUT2D eigenvalue weighted by Gasteiger charge is -2.28. The van der Waals surface area contributed by atoms with E-state index in [1.54, 1.807) is 18.2 Å². The van der Waals surface area contributed by atoms with Crippen molar-refractivity contribution in [3.8, 4) is 0 Å². The molecule has 1 fully saturated rings. The molecule has 2 rings (SSSR count). The molecule has 0 unspecified atom stereocenters. The van der Waals surface area contributed by atoms with E-state index in [0.717, 1.165) is 25.7 Å². The van der Waals surface area contributed by atoms with Gasteiger partial charge in [-0.05, 0) is 31.9 Å². The Labute approximate surface area is 113 Å². The Morgan fingerprint density at radius 1 is 1.21 bits per heavy atom. The van der Waals surface area contributed by atoms with Gasteiger partial charge in [0, 0.05) is 12.6 Å². The molecule has 1 aromatic rings. The summed E-state index contributed by atoms with van der Waals surface area (Å²) in [7, 11) is 0. The van der Waals surface area contributed by atoms with Crippen molar-refractivity contribution < 1.29 is 14.7 Å². The number of hydrogen-bond donors (Lipinski definition) is 1. The van der Waals surface area contributed by atoms with Gasteiger partial charge in [-0.3, -0.25) is 4.79 Å². The van der Waals surface area contributed by atoms with Crippen molar-refractivity contribution >= 4 is 11.9 Å². The van der Waals surface area contributed by atoms with E-state index in [1.165, 1.54) is 6.07 Å². The molecule has 0 heterocycles. The average molecular weight is 261 g/mol. The van der Waals surface area contributed by atoms with E-state index in [0.29, 0.717) is 12.1 Å². The van der Waals surface area contributed by atoms with Crippen LogP contribution in [-0.4, -0.2) is 34.5 Å². The SMILES string of the molecule is CCN(C(=O)c1ccccc1C(=O)O)C1CCCC1. The predicted octanol–water partition coefficient (Wildman–Crippen LogP) is 2.79. The van der Waals surface area contributed by atoms with E-state index >= 15 is 0 Å². The van der Waals surface area contributed by atoms with Crippen LogP contribution in [0, 0.1) is 0 Å². The Morgan fingerprint density at radius 3 is 2.32 bits per heavy atom. The van der Waals surface area contributed by atoms with Gasteiger partial charge in [-0.1, -0.05) is 25.0 Å². The Bertz CT molecular complexity index is 478. The van der Waals surface area contributed by atoms with Crippen LogP contribution < -0.4 is 0 Å². The summed E-state index contributed by atoms with van der Waals surface area (Å²) in [5.74, 6) is -1.21. The molecule has 102 valence electrons. The number of amides is 1. The van der Waals surface area contributed by atoms with E-state index in [9.17, 15) is 9.59 Å². The van der Waals surface area contributed by atoms with Crippen LogP contribution in [0.15, 0.2) is 24.3 Å². The molecule has 1 aliphatic carbocycles. The summed E-state index contributed by atoms with van der Waals surface area (Å²) >= 11 is 0. The number of benzene rings is 1. The Kier molecular flexibility index (Phi) is 4.20. The molecule has 0 bridgehead atoms. The third kappa shape index (κ3) is 2.78. The highest BCUT2D eigenvalue weighted by molar-refractivity contribution is 6.04. The summed E-state index contributed by atoms with van der Waals surface area (Å²) in [4.78, 5) is 25.6. The predicted molar refractivity (Wildman–Crippen MR) is 72.4 cm³/mol. The van der Waals surface area contributed by atoms with Crippen LogP contribution in [0.25, 0.3) is 0 Å². The van der Waals surface area contributed by atoms with Crippen LogP contribution in [0.3, 0.4) is 0 Å². The number of carbonyl (C=O) groups excluding carboxylic acids is 1. The Morgan fingerprint density at radius 2 is 1.79 bits per heavy atom. The fourth-order valence-electron chi connectivity index (χ4n) is 2.79. The summed E-state index contributed by atoms with van der Waals surface area (Å²) < 4.78 is 0. The molecule has 4 heteroatoms. The third-order valence-corrected chi connectivity index (χ3v) is 3.75. The highest BCUT2D eigenvalue weighted by Crippen LogP contribution is 2.25. The van der Waals surface area contributed by atoms with Crippen molar-refractivity contribution in [1.29, 1.82) is 0 Å². The van der Waals surface area contributed by atoms with E-state index in [-0.39, 0.29) is 17.5 Å². The van der Waals surface area contributed by atoms with Gasteiger partial charge >= 0.3 is 5.97 Å². The van der Waals surface area contributed by atoms with Crippen molar-refractivity contribution in [3.63, 3.8) is 0 Å². The van der Waals surface area contributed by atoms with E-state index in [4.69, 9.17) is 5.11 Å². The van der Waals surface area contributed by atoms with Crippen molar-refractivity contribution in [2.24, 2.45) is 0 Å². The van der Waals surface area contributed by atoms with Crippen molar-refractivity contribution in [2.75, 3.05) is 6.54 Å². The number of hydrogen-bond acceptors (Lipinski definition) is 2. The van der Waals surface area contributed by atoms with E-state index in [1.807, 2.05) is 11.8 Å². The van der Waals surface area contributed by atoms with E-state index < -0.39 is 5.97 Å². The molecule has 0 spiro atoms. The average Bonchev–Trinajstić information content (AvgIpc) is 2.93. The summed E-state index contributed by atoms with van der Waals surface area (Å²) in [5, 5.41) is 9.16. The second-order valence-corrected chi connectivity index (χ2v) is 4.88. The first-order chi connectivity index (χ1) is 9.15. The molecule has 0 radical (unpaired) electrons. The number of carboxylic acids is 1. The zero-order valence-electron chi connectivity index (χ0n) is 11.1. The number of rotatable bonds is 4. The van der Waals surface area contributed by atoms with Crippen molar-refractivity contribution in [3.05, 3.63) is 35.4 Å². The molecule has 19 heavy (non-hydrogen) atoms. The first-order valence-corrected chi connectivity index (χ1v) is 6.78. The second-order valence-electron chi connectivity index (χ2n) is 4.88. The summed E-state index contributed by atoms with van der Waals surface area (Å²) in [5.41, 5.74) is 0.382. The van der Waals surface area contributed by atoms with Gasteiger partial charge in [0.25, 0.3) is 5.91 Å². The first-order valence-electron chi connectivity index (χ1n) is 6.78. The third-order valence-electron chi connectivity index (χ3n) is 3.75. The number of aromatic carboxylic acids is 1. The van der Waals surface area contributed by atoms with Gasteiger partial charge in [-0.15, -0.1) is 0 Å². The quantitative estimate of drug-likeness (QED) is 0.906. The molecule has 0 aliphatic heterocycles.